The minimum absolute atomic E-state index is 0.0791. The molecule has 154 valence electrons. The van der Waals surface area contributed by atoms with Gasteiger partial charge < -0.3 is 5.32 Å². The van der Waals surface area contributed by atoms with Crippen LogP contribution in [-0.2, 0) is 4.79 Å². The Balaban J connectivity index is 1.34. The van der Waals surface area contributed by atoms with Crippen LogP contribution in [0.3, 0.4) is 0 Å². The number of nitrogens with one attached hydrogen (secondary N) is 1. The summed E-state index contributed by atoms with van der Waals surface area (Å²) in [4.78, 5) is 22.4. The summed E-state index contributed by atoms with van der Waals surface area (Å²) in [6.07, 6.45) is 3.59. The van der Waals surface area contributed by atoms with E-state index in [1.54, 1.807) is 23.0 Å². The molecule has 0 atom stereocenters. The molecular weight excluding hydrogens is 416 g/mol. The molecule has 9 nitrogen and oxygen atoms in total. The number of benzene rings is 2. The van der Waals surface area contributed by atoms with Crippen LogP contribution in [0.2, 0.25) is 0 Å². The van der Waals surface area contributed by atoms with Crippen molar-refractivity contribution in [2.45, 2.75) is 5.03 Å². The summed E-state index contributed by atoms with van der Waals surface area (Å²) in [6.45, 7) is 0. The molecule has 0 spiro atoms. The van der Waals surface area contributed by atoms with E-state index in [0.29, 0.717) is 10.7 Å². The lowest BCUT2D eigenvalue weighted by Gasteiger charge is -2.06. The Kier molecular flexibility index (Phi) is 5.99. The highest BCUT2D eigenvalue weighted by Crippen LogP contribution is 2.22. The molecule has 0 saturated heterocycles. The van der Waals surface area contributed by atoms with Gasteiger partial charge in [0.2, 0.25) is 5.91 Å². The maximum absolute atomic E-state index is 12.1. The molecule has 0 aliphatic rings. The lowest BCUT2D eigenvalue weighted by molar-refractivity contribution is -0.384. The van der Waals surface area contributed by atoms with Gasteiger partial charge in [0.1, 0.15) is 5.03 Å². The van der Waals surface area contributed by atoms with Crippen LogP contribution in [0.15, 0.2) is 84.1 Å². The van der Waals surface area contributed by atoms with E-state index in [1.807, 2.05) is 42.6 Å². The van der Waals surface area contributed by atoms with E-state index in [2.05, 4.69) is 20.6 Å². The molecule has 2 heterocycles. The first-order chi connectivity index (χ1) is 15.1. The number of nitro benzene ring substituents is 1. The number of hydrogen-bond acceptors (Lipinski definition) is 7. The van der Waals surface area contributed by atoms with Crippen LogP contribution < -0.4 is 5.32 Å². The number of nitrogens with zero attached hydrogens (tertiary/aromatic N) is 5. The molecule has 2 aromatic heterocycles. The molecule has 0 saturated carbocycles. The SMILES string of the molecule is O=C(CSc1ccc(-c2ccc(-n3cccn3)cc2)nn1)Nc1cccc([N+](=O)[O-])c1. The topological polar surface area (TPSA) is 116 Å². The predicted octanol–water partition coefficient (Wildman–Crippen LogP) is 3.97. The number of aromatic nitrogens is 4. The minimum atomic E-state index is -0.507. The van der Waals surface area contributed by atoms with Gasteiger partial charge in [-0.3, -0.25) is 14.9 Å². The van der Waals surface area contributed by atoms with Crippen LogP contribution in [-0.4, -0.2) is 36.6 Å². The average molecular weight is 432 g/mol. The van der Waals surface area contributed by atoms with E-state index in [0.717, 1.165) is 16.9 Å². The largest absolute Gasteiger partial charge is 0.325 e. The number of thioether (sulfide) groups is 1. The summed E-state index contributed by atoms with van der Waals surface area (Å²) in [6, 6.07) is 19.1. The van der Waals surface area contributed by atoms with Gasteiger partial charge in [-0.05, 0) is 36.4 Å². The highest BCUT2D eigenvalue weighted by molar-refractivity contribution is 7.99. The lowest BCUT2D eigenvalue weighted by atomic mass is 10.1. The zero-order valence-corrected chi connectivity index (χ0v) is 16.9. The van der Waals surface area contributed by atoms with Gasteiger partial charge in [-0.2, -0.15) is 5.10 Å². The van der Waals surface area contributed by atoms with E-state index < -0.39 is 4.92 Å². The van der Waals surface area contributed by atoms with Crippen molar-refractivity contribution >= 4 is 29.0 Å². The monoisotopic (exact) mass is 432 g/mol. The van der Waals surface area contributed by atoms with Crippen LogP contribution in [0.4, 0.5) is 11.4 Å². The van der Waals surface area contributed by atoms with Crippen LogP contribution in [0.5, 0.6) is 0 Å². The number of anilines is 1. The van der Waals surface area contributed by atoms with Gasteiger partial charge in [0.05, 0.1) is 22.1 Å². The normalized spacial score (nSPS) is 10.6. The molecule has 10 heteroatoms. The Bertz CT molecular complexity index is 1190. The molecule has 0 bridgehead atoms. The van der Waals surface area contributed by atoms with Crippen molar-refractivity contribution in [3.63, 3.8) is 0 Å². The van der Waals surface area contributed by atoms with Gasteiger partial charge in [-0.1, -0.05) is 30.0 Å². The predicted molar refractivity (Wildman–Crippen MR) is 117 cm³/mol. The van der Waals surface area contributed by atoms with Crippen molar-refractivity contribution in [2.24, 2.45) is 0 Å². The summed E-state index contributed by atoms with van der Waals surface area (Å²) >= 11 is 1.23. The summed E-state index contributed by atoms with van der Waals surface area (Å²) in [5.74, 6) is -0.180. The van der Waals surface area contributed by atoms with E-state index >= 15 is 0 Å². The molecule has 31 heavy (non-hydrogen) atoms. The summed E-state index contributed by atoms with van der Waals surface area (Å²) in [5.41, 5.74) is 2.88. The number of hydrogen-bond donors (Lipinski definition) is 1. The second-order valence-electron chi connectivity index (χ2n) is 6.40. The molecule has 0 unspecified atom stereocenters. The Morgan fingerprint density at radius 3 is 2.58 bits per heavy atom. The number of rotatable bonds is 7. The van der Waals surface area contributed by atoms with Crippen molar-refractivity contribution in [1.82, 2.24) is 20.0 Å². The van der Waals surface area contributed by atoms with Crippen molar-refractivity contribution in [3.05, 3.63) is 89.2 Å². The maximum atomic E-state index is 12.1. The standard InChI is InChI=1S/C21H16N6O3S/c28-20(23-16-3-1-4-18(13-16)27(29)30)14-31-21-10-9-19(24-25-21)15-5-7-17(8-6-15)26-12-2-11-22-26/h1-13H,14H2,(H,23,28). The van der Waals surface area contributed by atoms with E-state index in [4.69, 9.17) is 0 Å². The molecule has 0 aliphatic heterocycles. The van der Waals surface area contributed by atoms with Gasteiger partial charge in [0.25, 0.3) is 5.69 Å². The van der Waals surface area contributed by atoms with Crippen molar-refractivity contribution in [1.29, 1.82) is 0 Å². The molecule has 4 aromatic rings. The fourth-order valence-corrected chi connectivity index (χ4v) is 3.41. The maximum Gasteiger partial charge on any atom is 0.271 e. The first-order valence-corrected chi connectivity index (χ1v) is 10.2. The highest BCUT2D eigenvalue weighted by Gasteiger charge is 2.10. The number of carbonyl (C=O) groups excluding carboxylic acids is 1. The molecule has 0 radical (unpaired) electrons. The van der Waals surface area contributed by atoms with E-state index in [-0.39, 0.29) is 17.3 Å². The van der Waals surface area contributed by atoms with E-state index in [1.165, 1.54) is 30.0 Å². The number of non-ortho nitro benzene ring substituents is 1. The Morgan fingerprint density at radius 1 is 1.06 bits per heavy atom. The molecule has 1 amide bonds. The van der Waals surface area contributed by atoms with Gasteiger partial charge in [-0.15, -0.1) is 10.2 Å². The van der Waals surface area contributed by atoms with Gasteiger partial charge in [-0.25, -0.2) is 4.68 Å². The summed E-state index contributed by atoms with van der Waals surface area (Å²) in [5, 5.41) is 26.7. The Morgan fingerprint density at radius 2 is 1.90 bits per heavy atom. The minimum Gasteiger partial charge on any atom is -0.325 e. The molecule has 4 rings (SSSR count). The first kappa shape index (κ1) is 20.2. The molecule has 0 fully saturated rings. The second-order valence-corrected chi connectivity index (χ2v) is 7.39. The van der Waals surface area contributed by atoms with Crippen LogP contribution in [0.1, 0.15) is 0 Å². The fraction of sp³-hybridized carbons (Fsp3) is 0.0476. The number of nitro groups is 1. The average Bonchev–Trinajstić information content (AvgIpc) is 3.33. The molecule has 0 aliphatic carbocycles. The zero-order chi connectivity index (χ0) is 21.6. The van der Waals surface area contributed by atoms with Crippen LogP contribution in [0, 0.1) is 10.1 Å². The van der Waals surface area contributed by atoms with Gasteiger partial charge in [0, 0.05) is 35.8 Å². The Labute approximate surface area is 181 Å². The fourth-order valence-electron chi connectivity index (χ4n) is 2.79. The van der Waals surface area contributed by atoms with Gasteiger partial charge >= 0.3 is 0 Å². The molecule has 1 N–H and O–H groups in total. The first-order valence-electron chi connectivity index (χ1n) is 9.20. The highest BCUT2D eigenvalue weighted by atomic mass is 32.2. The zero-order valence-electron chi connectivity index (χ0n) is 16.1. The third-order valence-corrected chi connectivity index (χ3v) is 5.18. The van der Waals surface area contributed by atoms with Gasteiger partial charge in [0.15, 0.2) is 0 Å². The van der Waals surface area contributed by atoms with Crippen molar-refractivity contribution in [3.8, 4) is 16.9 Å². The van der Waals surface area contributed by atoms with Crippen LogP contribution >= 0.6 is 11.8 Å². The molecular formula is C21H16N6O3S. The van der Waals surface area contributed by atoms with Crippen LogP contribution in [0.25, 0.3) is 16.9 Å². The quantitative estimate of drug-likeness (QED) is 0.267. The van der Waals surface area contributed by atoms with Crippen molar-refractivity contribution in [2.75, 3.05) is 11.1 Å². The summed E-state index contributed by atoms with van der Waals surface area (Å²) < 4.78 is 1.77. The lowest BCUT2D eigenvalue weighted by Crippen LogP contribution is -2.14. The van der Waals surface area contributed by atoms with E-state index in [9.17, 15) is 14.9 Å². The second kappa shape index (κ2) is 9.18. The van der Waals surface area contributed by atoms with Crippen molar-refractivity contribution < 1.29 is 9.72 Å². The molecule has 2 aromatic carbocycles. The number of carbonyl (C=O) groups is 1. The summed E-state index contributed by atoms with van der Waals surface area (Å²) in [7, 11) is 0. The smallest absolute Gasteiger partial charge is 0.271 e. The third-order valence-electron chi connectivity index (χ3n) is 4.26. The number of amides is 1. The Hall–Kier alpha value is -4.05. The third kappa shape index (κ3) is 5.11.